The van der Waals surface area contributed by atoms with Gasteiger partial charge in [0.1, 0.15) is 5.82 Å². The lowest BCUT2D eigenvalue weighted by molar-refractivity contribution is 0.124. The van der Waals surface area contributed by atoms with Crippen molar-refractivity contribution < 1.29 is 4.39 Å². The van der Waals surface area contributed by atoms with Gasteiger partial charge < -0.3 is 5.73 Å². The van der Waals surface area contributed by atoms with Gasteiger partial charge in [-0.15, -0.1) is 0 Å². The Morgan fingerprint density at radius 1 is 1.47 bits per heavy atom. The molecule has 0 radical (unpaired) electrons. The molecule has 0 saturated carbocycles. The lowest BCUT2D eigenvalue weighted by Gasteiger charge is -2.38. The first-order valence-corrected chi connectivity index (χ1v) is 7.35. The molecule has 1 aliphatic heterocycles. The second kappa shape index (κ2) is 6.49. The average Bonchev–Trinajstić information content (AvgIpc) is 2.42. The zero-order valence-corrected chi connectivity index (χ0v) is 12.0. The van der Waals surface area contributed by atoms with E-state index < -0.39 is 0 Å². The zero-order chi connectivity index (χ0) is 13.8. The number of likely N-dealkylation sites (tertiary alicyclic amines) is 1. The molecule has 0 aromatic heterocycles. The van der Waals surface area contributed by atoms with E-state index in [4.69, 9.17) is 5.73 Å². The van der Waals surface area contributed by atoms with Gasteiger partial charge in [0.15, 0.2) is 0 Å². The number of halogens is 1. The summed E-state index contributed by atoms with van der Waals surface area (Å²) in [7, 11) is 0. The third-order valence-electron chi connectivity index (χ3n) is 4.38. The van der Waals surface area contributed by atoms with Crippen LogP contribution < -0.4 is 5.73 Å². The van der Waals surface area contributed by atoms with Gasteiger partial charge in [0, 0.05) is 19.1 Å². The summed E-state index contributed by atoms with van der Waals surface area (Å²) in [4.78, 5) is 2.48. The molecule has 2 unspecified atom stereocenters. The summed E-state index contributed by atoms with van der Waals surface area (Å²) in [6, 6.07) is 5.29. The van der Waals surface area contributed by atoms with Crippen LogP contribution in [0.2, 0.25) is 0 Å². The molecule has 1 fully saturated rings. The summed E-state index contributed by atoms with van der Waals surface area (Å²) in [5.74, 6) is 0.616. The first-order valence-electron chi connectivity index (χ1n) is 7.35. The summed E-state index contributed by atoms with van der Waals surface area (Å²) in [6.45, 7) is 7.06. The molecule has 1 aliphatic rings. The Hall–Kier alpha value is -0.930. The van der Waals surface area contributed by atoms with Crippen LogP contribution in [0.4, 0.5) is 4.39 Å². The number of hydrogen-bond donors (Lipinski definition) is 1. The maximum absolute atomic E-state index is 13.2. The van der Waals surface area contributed by atoms with E-state index in [1.54, 1.807) is 12.1 Å². The minimum absolute atomic E-state index is 0.165. The highest BCUT2D eigenvalue weighted by Gasteiger charge is 2.26. The Kier molecular flexibility index (Phi) is 4.94. The summed E-state index contributed by atoms with van der Waals surface area (Å²) in [5, 5.41) is 0. The minimum atomic E-state index is -0.165. The molecule has 1 aromatic rings. The zero-order valence-electron chi connectivity index (χ0n) is 12.0. The molecule has 19 heavy (non-hydrogen) atoms. The van der Waals surface area contributed by atoms with E-state index in [1.807, 2.05) is 13.0 Å². The molecule has 106 valence electrons. The van der Waals surface area contributed by atoms with Crippen molar-refractivity contribution in [2.45, 2.75) is 39.2 Å². The third-order valence-corrected chi connectivity index (χ3v) is 4.38. The van der Waals surface area contributed by atoms with Gasteiger partial charge in [-0.25, -0.2) is 4.39 Å². The van der Waals surface area contributed by atoms with Crippen LogP contribution in [0.15, 0.2) is 18.2 Å². The van der Waals surface area contributed by atoms with Crippen LogP contribution in [-0.4, -0.2) is 24.5 Å². The van der Waals surface area contributed by atoms with Crippen LogP contribution in [0.3, 0.4) is 0 Å². The second-order valence-corrected chi connectivity index (χ2v) is 5.66. The molecule has 2 nitrogen and oxygen atoms in total. The van der Waals surface area contributed by atoms with Crippen molar-refractivity contribution in [3.05, 3.63) is 35.1 Å². The van der Waals surface area contributed by atoms with Gasteiger partial charge in [-0.1, -0.05) is 19.4 Å². The maximum atomic E-state index is 13.2. The van der Waals surface area contributed by atoms with Crippen LogP contribution in [-0.2, 0) is 0 Å². The van der Waals surface area contributed by atoms with Crippen molar-refractivity contribution in [2.75, 3.05) is 19.6 Å². The van der Waals surface area contributed by atoms with Gasteiger partial charge >= 0.3 is 0 Å². The lowest BCUT2D eigenvalue weighted by Crippen LogP contribution is -2.41. The average molecular weight is 264 g/mol. The van der Waals surface area contributed by atoms with Crippen molar-refractivity contribution in [2.24, 2.45) is 11.7 Å². The highest BCUT2D eigenvalue weighted by atomic mass is 19.1. The number of rotatable bonds is 4. The van der Waals surface area contributed by atoms with Gasteiger partial charge in [-0.2, -0.15) is 0 Å². The van der Waals surface area contributed by atoms with Crippen LogP contribution >= 0.6 is 0 Å². The second-order valence-electron chi connectivity index (χ2n) is 5.66. The van der Waals surface area contributed by atoms with Crippen LogP contribution in [0.25, 0.3) is 0 Å². The Labute approximate surface area is 115 Å². The van der Waals surface area contributed by atoms with E-state index in [1.165, 1.54) is 24.8 Å². The summed E-state index contributed by atoms with van der Waals surface area (Å²) in [6.07, 6.45) is 3.80. The van der Waals surface area contributed by atoms with Gasteiger partial charge in [0.05, 0.1) is 0 Å². The number of hydrogen-bond acceptors (Lipinski definition) is 2. The van der Waals surface area contributed by atoms with Crippen LogP contribution in [0.1, 0.15) is 43.4 Å². The fourth-order valence-corrected chi connectivity index (χ4v) is 3.20. The number of benzene rings is 1. The van der Waals surface area contributed by atoms with E-state index in [9.17, 15) is 4.39 Å². The SMILES string of the molecule is CCC1CCCN(C(CN)c2ccc(F)cc2C)C1. The number of nitrogens with zero attached hydrogens (tertiary/aromatic N) is 1. The van der Waals surface area contributed by atoms with Crippen molar-refractivity contribution in [1.29, 1.82) is 0 Å². The van der Waals surface area contributed by atoms with Gasteiger partial charge in [0.25, 0.3) is 0 Å². The standard InChI is InChI=1S/C16H25FN2/c1-3-13-5-4-8-19(11-13)16(10-18)15-7-6-14(17)9-12(15)2/h6-7,9,13,16H,3-5,8,10-11,18H2,1-2H3. The fraction of sp³-hybridized carbons (Fsp3) is 0.625. The van der Waals surface area contributed by atoms with Crippen molar-refractivity contribution in [3.63, 3.8) is 0 Å². The van der Waals surface area contributed by atoms with E-state index in [0.717, 1.165) is 24.6 Å². The molecule has 3 heteroatoms. The molecular formula is C16H25FN2. The minimum Gasteiger partial charge on any atom is -0.329 e. The molecule has 1 saturated heterocycles. The predicted molar refractivity (Wildman–Crippen MR) is 77.5 cm³/mol. The monoisotopic (exact) mass is 264 g/mol. The Balaban J connectivity index is 2.19. The topological polar surface area (TPSA) is 29.3 Å². The molecular weight excluding hydrogens is 239 g/mol. The van der Waals surface area contributed by atoms with Gasteiger partial charge in [-0.05, 0) is 55.5 Å². The summed E-state index contributed by atoms with van der Waals surface area (Å²) >= 11 is 0. The first-order chi connectivity index (χ1) is 9.15. The van der Waals surface area contributed by atoms with Crippen molar-refractivity contribution in [3.8, 4) is 0 Å². The van der Waals surface area contributed by atoms with Crippen LogP contribution in [0.5, 0.6) is 0 Å². The van der Waals surface area contributed by atoms with Gasteiger partial charge in [-0.3, -0.25) is 4.90 Å². The Bertz CT molecular complexity index is 419. The van der Waals surface area contributed by atoms with E-state index >= 15 is 0 Å². The molecule has 2 rings (SSSR count). The molecule has 0 spiro atoms. The number of aryl methyl sites for hydroxylation is 1. The summed E-state index contributed by atoms with van der Waals surface area (Å²) < 4.78 is 13.2. The first kappa shape index (κ1) is 14.5. The van der Waals surface area contributed by atoms with E-state index in [0.29, 0.717) is 6.54 Å². The smallest absolute Gasteiger partial charge is 0.123 e. The normalized spacial score (nSPS) is 22.4. The lowest BCUT2D eigenvalue weighted by atomic mass is 9.92. The van der Waals surface area contributed by atoms with Crippen LogP contribution in [0, 0.1) is 18.7 Å². The number of piperidine rings is 1. The fourth-order valence-electron chi connectivity index (χ4n) is 3.20. The predicted octanol–water partition coefficient (Wildman–Crippen LogP) is 3.26. The van der Waals surface area contributed by atoms with E-state index in [2.05, 4.69) is 11.8 Å². The third kappa shape index (κ3) is 3.34. The molecule has 0 amide bonds. The number of nitrogens with two attached hydrogens (primary N) is 1. The summed E-state index contributed by atoms with van der Waals surface area (Å²) in [5.41, 5.74) is 8.18. The highest BCUT2D eigenvalue weighted by Crippen LogP contribution is 2.29. The maximum Gasteiger partial charge on any atom is 0.123 e. The Morgan fingerprint density at radius 2 is 2.26 bits per heavy atom. The molecule has 2 N–H and O–H groups in total. The molecule has 0 aliphatic carbocycles. The molecule has 1 aromatic carbocycles. The Morgan fingerprint density at radius 3 is 2.89 bits per heavy atom. The highest BCUT2D eigenvalue weighted by molar-refractivity contribution is 5.30. The molecule has 0 bridgehead atoms. The van der Waals surface area contributed by atoms with Crippen molar-refractivity contribution in [1.82, 2.24) is 4.90 Å². The molecule has 2 atom stereocenters. The quantitative estimate of drug-likeness (QED) is 0.904. The molecule has 1 heterocycles. The van der Waals surface area contributed by atoms with Crippen molar-refractivity contribution >= 4 is 0 Å². The van der Waals surface area contributed by atoms with E-state index in [-0.39, 0.29) is 11.9 Å². The van der Waals surface area contributed by atoms with Gasteiger partial charge in [0.2, 0.25) is 0 Å². The largest absolute Gasteiger partial charge is 0.329 e.